The van der Waals surface area contributed by atoms with Crippen LogP contribution in [0.25, 0.3) is 0 Å². The van der Waals surface area contributed by atoms with Crippen LogP contribution >= 0.6 is 0 Å². The molecule has 0 aliphatic rings. The largest absolute Gasteiger partial charge is 0.444 e. The molecule has 9 nitrogen and oxygen atoms in total. The van der Waals surface area contributed by atoms with Crippen LogP contribution in [0.4, 0.5) is 4.79 Å². The normalized spacial score (nSPS) is 12.5. The molecule has 4 N–H and O–H groups in total. The molecule has 34 heavy (non-hydrogen) atoms. The van der Waals surface area contributed by atoms with Gasteiger partial charge < -0.3 is 21.1 Å². The van der Waals surface area contributed by atoms with Crippen molar-refractivity contribution in [1.82, 2.24) is 15.5 Å². The number of nitrogens with one attached hydrogen (secondary N) is 2. The molecule has 0 fully saturated rings. The minimum Gasteiger partial charge on any atom is -0.444 e. The van der Waals surface area contributed by atoms with Gasteiger partial charge in [-0.15, -0.1) is 6.42 Å². The van der Waals surface area contributed by atoms with Crippen molar-refractivity contribution in [2.75, 3.05) is 0 Å². The van der Waals surface area contributed by atoms with Gasteiger partial charge in [0.25, 0.3) is 5.91 Å². The average Bonchev–Trinajstić information content (AvgIpc) is 2.72. The Bertz CT molecular complexity index is 998. The highest BCUT2D eigenvalue weighted by atomic mass is 16.6. The number of benzene rings is 1. The topological polar surface area (TPSA) is 131 Å². The van der Waals surface area contributed by atoms with E-state index in [0.717, 1.165) is 4.90 Å². The number of carbonyl (C=O) groups excluding carboxylic acids is 4. The Morgan fingerprint density at radius 2 is 1.74 bits per heavy atom. The molecule has 0 aliphatic carbocycles. The van der Waals surface area contributed by atoms with E-state index in [9.17, 15) is 19.2 Å². The van der Waals surface area contributed by atoms with E-state index in [1.807, 2.05) is 0 Å². The summed E-state index contributed by atoms with van der Waals surface area (Å²) in [6.07, 6.45) is 10.0. The summed E-state index contributed by atoms with van der Waals surface area (Å²) < 4.78 is 5.23. The van der Waals surface area contributed by atoms with Gasteiger partial charge in [-0.1, -0.05) is 30.5 Å². The van der Waals surface area contributed by atoms with Crippen molar-refractivity contribution in [3.8, 4) is 24.8 Å². The molecule has 0 aliphatic heterocycles. The fraction of sp³-hybridized carbons (Fsp3) is 0.440. The summed E-state index contributed by atoms with van der Waals surface area (Å²) in [4.78, 5) is 51.3. The van der Waals surface area contributed by atoms with Crippen molar-refractivity contribution < 1.29 is 23.9 Å². The van der Waals surface area contributed by atoms with Crippen LogP contribution in [-0.4, -0.2) is 46.4 Å². The molecule has 0 spiro atoms. The van der Waals surface area contributed by atoms with Crippen LogP contribution in [0.3, 0.4) is 0 Å². The van der Waals surface area contributed by atoms with Crippen LogP contribution < -0.4 is 16.4 Å². The SMILES string of the molecule is C#Cc1ccccc1C(C(=O)NC(C)C)N(C#C)C(=O)C(CCC(N)=O)NC(=O)OC(C)(C)C. The van der Waals surface area contributed by atoms with Crippen LogP contribution in [0.2, 0.25) is 0 Å². The number of carbonyl (C=O) groups is 4. The Labute approximate surface area is 200 Å². The third-order valence-corrected chi connectivity index (χ3v) is 4.39. The van der Waals surface area contributed by atoms with E-state index < -0.39 is 41.5 Å². The monoisotopic (exact) mass is 468 g/mol. The van der Waals surface area contributed by atoms with Crippen molar-refractivity contribution in [1.29, 1.82) is 0 Å². The quantitative estimate of drug-likeness (QED) is 0.376. The first kappa shape index (κ1) is 28.1. The molecule has 182 valence electrons. The maximum atomic E-state index is 13.5. The van der Waals surface area contributed by atoms with E-state index in [-0.39, 0.29) is 18.9 Å². The average molecular weight is 469 g/mol. The lowest BCUT2D eigenvalue weighted by Gasteiger charge is -2.31. The Morgan fingerprint density at radius 1 is 1.12 bits per heavy atom. The van der Waals surface area contributed by atoms with Gasteiger partial charge in [0.05, 0.1) is 0 Å². The zero-order valence-electron chi connectivity index (χ0n) is 20.2. The minimum atomic E-state index is -1.29. The molecule has 0 radical (unpaired) electrons. The van der Waals surface area contributed by atoms with E-state index in [4.69, 9.17) is 23.3 Å². The highest BCUT2D eigenvalue weighted by molar-refractivity contribution is 5.94. The van der Waals surface area contributed by atoms with E-state index in [1.165, 1.54) is 0 Å². The number of nitrogens with zero attached hydrogens (tertiary/aromatic N) is 1. The predicted molar refractivity (Wildman–Crippen MR) is 128 cm³/mol. The van der Waals surface area contributed by atoms with Crippen molar-refractivity contribution in [3.05, 3.63) is 35.4 Å². The molecule has 1 aromatic carbocycles. The minimum absolute atomic E-state index is 0.152. The van der Waals surface area contributed by atoms with Crippen molar-refractivity contribution in [2.24, 2.45) is 5.73 Å². The van der Waals surface area contributed by atoms with Gasteiger partial charge in [0.1, 0.15) is 17.7 Å². The molecule has 0 saturated carbocycles. The predicted octanol–water partition coefficient (Wildman–Crippen LogP) is 1.81. The number of rotatable bonds is 9. The summed E-state index contributed by atoms with van der Waals surface area (Å²) in [6.45, 7) is 8.48. The lowest BCUT2D eigenvalue weighted by atomic mass is 9.97. The summed E-state index contributed by atoms with van der Waals surface area (Å²) in [5, 5.41) is 5.17. The molecule has 0 saturated heterocycles. The smallest absolute Gasteiger partial charge is 0.408 e. The maximum Gasteiger partial charge on any atom is 0.408 e. The van der Waals surface area contributed by atoms with E-state index >= 15 is 0 Å². The number of amides is 4. The zero-order chi connectivity index (χ0) is 26.1. The second-order valence-electron chi connectivity index (χ2n) is 8.84. The number of alkyl carbamates (subject to hydrolysis) is 1. The summed E-state index contributed by atoms with van der Waals surface area (Å²) in [5.41, 5.74) is 5.11. The van der Waals surface area contributed by atoms with Gasteiger partial charge in [0.15, 0.2) is 0 Å². The van der Waals surface area contributed by atoms with Crippen molar-refractivity contribution in [2.45, 2.75) is 71.2 Å². The Hall–Kier alpha value is -3.98. The molecular formula is C25H32N4O5. The maximum absolute atomic E-state index is 13.5. The van der Waals surface area contributed by atoms with Gasteiger partial charge in [0, 0.05) is 29.6 Å². The summed E-state index contributed by atoms with van der Waals surface area (Å²) in [6, 6.07) is 5.98. The van der Waals surface area contributed by atoms with Crippen molar-refractivity contribution >= 4 is 23.8 Å². The highest BCUT2D eigenvalue weighted by Crippen LogP contribution is 2.25. The number of ether oxygens (including phenoxy) is 1. The molecule has 0 aromatic heterocycles. The second-order valence-corrected chi connectivity index (χ2v) is 8.84. The fourth-order valence-corrected chi connectivity index (χ4v) is 3.05. The molecule has 4 amide bonds. The summed E-state index contributed by atoms with van der Waals surface area (Å²) >= 11 is 0. The molecule has 1 aromatic rings. The zero-order valence-corrected chi connectivity index (χ0v) is 20.2. The third-order valence-electron chi connectivity index (χ3n) is 4.39. The Kier molecular flexibility index (Phi) is 10.2. The number of hydrogen-bond acceptors (Lipinski definition) is 5. The first-order valence-corrected chi connectivity index (χ1v) is 10.7. The molecular weight excluding hydrogens is 436 g/mol. The van der Waals surface area contributed by atoms with Crippen molar-refractivity contribution in [3.63, 3.8) is 0 Å². The van der Waals surface area contributed by atoms with E-state index in [0.29, 0.717) is 11.1 Å². The second kappa shape index (κ2) is 12.3. The van der Waals surface area contributed by atoms with E-state index in [1.54, 1.807) is 58.9 Å². The van der Waals surface area contributed by atoms with Gasteiger partial charge >= 0.3 is 6.09 Å². The van der Waals surface area contributed by atoms with Crippen LogP contribution in [0.5, 0.6) is 0 Å². The van der Waals surface area contributed by atoms with Gasteiger partial charge in [-0.05, 0) is 47.1 Å². The Balaban J connectivity index is 3.46. The van der Waals surface area contributed by atoms with Crippen LogP contribution in [0.15, 0.2) is 24.3 Å². The van der Waals surface area contributed by atoms with E-state index in [2.05, 4.69) is 22.6 Å². The van der Waals surface area contributed by atoms with Crippen LogP contribution in [-0.2, 0) is 19.1 Å². The molecule has 9 heteroatoms. The lowest BCUT2D eigenvalue weighted by molar-refractivity contribution is -0.139. The molecule has 2 atom stereocenters. The molecule has 2 unspecified atom stereocenters. The number of terminal acetylenes is 2. The third kappa shape index (κ3) is 8.51. The highest BCUT2D eigenvalue weighted by Gasteiger charge is 2.37. The van der Waals surface area contributed by atoms with Gasteiger partial charge in [-0.25, -0.2) is 4.79 Å². The first-order valence-electron chi connectivity index (χ1n) is 10.7. The number of hydrogen-bond donors (Lipinski definition) is 3. The molecule has 1 rings (SSSR count). The first-order chi connectivity index (χ1) is 15.8. The summed E-state index contributed by atoms with van der Waals surface area (Å²) in [7, 11) is 0. The fourth-order valence-electron chi connectivity index (χ4n) is 3.05. The lowest BCUT2D eigenvalue weighted by Crippen LogP contribution is -2.52. The molecule has 0 heterocycles. The van der Waals surface area contributed by atoms with Crippen LogP contribution in [0.1, 0.15) is 64.6 Å². The Morgan fingerprint density at radius 3 is 2.24 bits per heavy atom. The summed E-state index contributed by atoms with van der Waals surface area (Å²) in [5.74, 6) is 0.453. The number of nitrogens with two attached hydrogens (primary N) is 1. The van der Waals surface area contributed by atoms with Crippen LogP contribution in [0, 0.1) is 24.8 Å². The van der Waals surface area contributed by atoms with Gasteiger partial charge in [-0.2, -0.15) is 0 Å². The number of primary amides is 1. The van der Waals surface area contributed by atoms with Gasteiger partial charge in [0.2, 0.25) is 11.8 Å². The van der Waals surface area contributed by atoms with Gasteiger partial charge in [-0.3, -0.25) is 19.3 Å². The molecule has 0 bridgehead atoms. The standard InChI is InChI=1S/C25H32N4O5/c1-8-17-12-10-11-13-18(17)21(22(31)27-16(3)4)29(9-2)23(32)19(14-15-20(26)30)28-24(33)34-25(5,6)7/h1-2,10-13,16,19,21H,14-15H2,3-7H3,(H2,26,30)(H,27,31)(H,28,33).